The van der Waals surface area contributed by atoms with E-state index in [2.05, 4.69) is 15.4 Å². The van der Waals surface area contributed by atoms with Crippen molar-refractivity contribution in [1.29, 1.82) is 0 Å². The fourth-order valence-corrected chi connectivity index (χ4v) is 1.58. The molecule has 1 aromatic carbocycles. The summed E-state index contributed by atoms with van der Waals surface area (Å²) in [5.74, 6) is -2.69. The topological polar surface area (TPSA) is 105 Å². The van der Waals surface area contributed by atoms with Gasteiger partial charge < -0.3 is 20.5 Å². The van der Waals surface area contributed by atoms with E-state index in [1.807, 2.05) is 0 Å². The molecule has 1 atom stereocenters. The zero-order valence-electron chi connectivity index (χ0n) is 11.5. The zero-order valence-corrected chi connectivity index (χ0v) is 11.5. The number of nitrogens with one attached hydrogen (secondary N) is 2. The number of carbonyl (C=O) groups is 3. The van der Waals surface area contributed by atoms with Crippen molar-refractivity contribution in [2.24, 2.45) is 0 Å². The average molecular weight is 298 g/mol. The first-order valence-corrected chi connectivity index (χ1v) is 5.96. The third-order valence-corrected chi connectivity index (χ3v) is 2.50. The molecule has 0 spiro atoms. The molecule has 7 nitrogen and oxygen atoms in total. The normalized spacial score (nSPS) is 11.4. The van der Waals surface area contributed by atoms with Gasteiger partial charge >= 0.3 is 18.0 Å². The van der Waals surface area contributed by atoms with Crippen LogP contribution >= 0.6 is 0 Å². The minimum absolute atomic E-state index is 0.173. The van der Waals surface area contributed by atoms with Crippen molar-refractivity contribution in [1.82, 2.24) is 5.32 Å². The average Bonchev–Trinajstić information content (AvgIpc) is 2.36. The highest BCUT2D eigenvalue weighted by Crippen LogP contribution is 2.13. The molecule has 1 rings (SSSR count). The molecule has 0 saturated carbocycles. The Bertz CT molecular complexity index is 541. The summed E-state index contributed by atoms with van der Waals surface area (Å²) in [7, 11) is 1.11. The molecule has 8 heteroatoms. The van der Waals surface area contributed by atoms with Crippen LogP contribution in [0.4, 0.5) is 14.9 Å². The summed E-state index contributed by atoms with van der Waals surface area (Å²) in [6.07, 6.45) is -0.512. The fourth-order valence-electron chi connectivity index (χ4n) is 1.58. The van der Waals surface area contributed by atoms with E-state index >= 15 is 0 Å². The third-order valence-electron chi connectivity index (χ3n) is 2.50. The van der Waals surface area contributed by atoms with Gasteiger partial charge in [0.05, 0.1) is 13.5 Å². The minimum atomic E-state index is -1.44. The van der Waals surface area contributed by atoms with E-state index in [0.29, 0.717) is 5.56 Å². The smallest absolute Gasteiger partial charge is 0.326 e. The molecule has 3 N–H and O–H groups in total. The van der Waals surface area contributed by atoms with Crippen LogP contribution in [0.1, 0.15) is 12.0 Å². The zero-order chi connectivity index (χ0) is 16.0. The van der Waals surface area contributed by atoms with Gasteiger partial charge in [-0.1, -0.05) is 0 Å². The Morgan fingerprint density at radius 1 is 1.33 bits per heavy atom. The van der Waals surface area contributed by atoms with E-state index in [0.717, 1.165) is 13.2 Å². The highest BCUT2D eigenvalue weighted by atomic mass is 19.1. The molecule has 0 aliphatic rings. The molecule has 0 aromatic heterocycles. The van der Waals surface area contributed by atoms with Crippen LogP contribution in [0, 0.1) is 12.7 Å². The molecule has 0 heterocycles. The van der Waals surface area contributed by atoms with Gasteiger partial charge in [-0.2, -0.15) is 0 Å². The molecule has 0 aliphatic heterocycles. The maximum absolute atomic E-state index is 13.2. The van der Waals surface area contributed by atoms with Crippen molar-refractivity contribution in [3.05, 3.63) is 29.6 Å². The Kier molecular flexibility index (Phi) is 5.65. The number of carbonyl (C=O) groups excluding carboxylic acids is 2. The van der Waals surface area contributed by atoms with Gasteiger partial charge in [0.1, 0.15) is 11.9 Å². The lowest BCUT2D eigenvalue weighted by atomic mass is 10.2. The van der Waals surface area contributed by atoms with Gasteiger partial charge in [0.25, 0.3) is 0 Å². The number of hydrogen-bond donors (Lipinski definition) is 3. The van der Waals surface area contributed by atoms with Crippen molar-refractivity contribution in [3.8, 4) is 0 Å². The Labute approximate surface area is 120 Å². The van der Waals surface area contributed by atoms with Crippen LogP contribution in [0.2, 0.25) is 0 Å². The highest BCUT2D eigenvalue weighted by Gasteiger charge is 2.23. The van der Waals surface area contributed by atoms with E-state index in [-0.39, 0.29) is 5.69 Å². The molecular weight excluding hydrogens is 283 g/mol. The largest absolute Gasteiger partial charge is 0.480 e. The van der Waals surface area contributed by atoms with Gasteiger partial charge in [-0.05, 0) is 30.7 Å². The molecule has 0 unspecified atom stereocenters. The molecule has 2 amide bonds. The maximum atomic E-state index is 13.2. The van der Waals surface area contributed by atoms with Gasteiger partial charge in [0, 0.05) is 5.69 Å². The van der Waals surface area contributed by atoms with E-state index in [1.54, 1.807) is 6.92 Å². The lowest BCUT2D eigenvalue weighted by Gasteiger charge is -2.14. The number of hydrogen-bond acceptors (Lipinski definition) is 4. The summed E-state index contributed by atoms with van der Waals surface area (Å²) >= 11 is 0. The number of amides is 2. The minimum Gasteiger partial charge on any atom is -0.480 e. The standard InChI is InChI=1S/C13H15FN2O5/c1-7-3-8(14)5-9(4-7)15-13(20)16-10(12(18)19)6-11(17)21-2/h3-5,10H,6H2,1-2H3,(H,18,19)(H2,15,16,20)/t10-/m0/s1. The summed E-state index contributed by atoms with van der Waals surface area (Å²) < 4.78 is 17.5. The number of rotatable bonds is 5. The number of urea groups is 1. The number of halogens is 1. The molecule has 1 aromatic rings. The van der Waals surface area contributed by atoms with Crippen molar-refractivity contribution in [2.45, 2.75) is 19.4 Å². The Morgan fingerprint density at radius 2 is 2.00 bits per heavy atom. The van der Waals surface area contributed by atoms with E-state index < -0.39 is 36.2 Å². The van der Waals surface area contributed by atoms with Crippen LogP contribution in [-0.2, 0) is 14.3 Å². The Morgan fingerprint density at radius 3 is 2.52 bits per heavy atom. The summed E-state index contributed by atoms with van der Waals surface area (Å²) in [5.41, 5.74) is 0.766. The lowest BCUT2D eigenvalue weighted by Crippen LogP contribution is -2.44. The fraction of sp³-hybridized carbons (Fsp3) is 0.308. The number of esters is 1. The first-order chi connectivity index (χ1) is 9.81. The van der Waals surface area contributed by atoms with Gasteiger partial charge in [0.2, 0.25) is 0 Å². The first kappa shape index (κ1) is 16.4. The van der Waals surface area contributed by atoms with Crippen LogP contribution in [-0.4, -0.2) is 36.2 Å². The molecule has 114 valence electrons. The predicted molar refractivity (Wildman–Crippen MR) is 71.3 cm³/mol. The number of ether oxygens (including phenoxy) is 1. The number of aryl methyl sites for hydroxylation is 1. The number of anilines is 1. The van der Waals surface area contributed by atoms with Crippen LogP contribution in [0.3, 0.4) is 0 Å². The second-order valence-corrected chi connectivity index (χ2v) is 4.29. The predicted octanol–water partition coefficient (Wildman–Crippen LogP) is 1.27. The SMILES string of the molecule is COC(=O)C[C@H](NC(=O)Nc1cc(C)cc(F)c1)C(=O)O. The lowest BCUT2D eigenvalue weighted by molar-refractivity contribution is -0.147. The molecule has 0 bridgehead atoms. The molecule has 21 heavy (non-hydrogen) atoms. The number of benzene rings is 1. The Hall–Kier alpha value is -2.64. The highest BCUT2D eigenvalue weighted by molar-refractivity contribution is 5.93. The molecule has 0 radical (unpaired) electrons. The van der Waals surface area contributed by atoms with Crippen molar-refractivity contribution >= 4 is 23.7 Å². The van der Waals surface area contributed by atoms with Crippen LogP contribution in [0.15, 0.2) is 18.2 Å². The van der Waals surface area contributed by atoms with E-state index in [1.165, 1.54) is 12.1 Å². The van der Waals surface area contributed by atoms with Crippen molar-refractivity contribution in [2.75, 3.05) is 12.4 Å². The van der Waals surface area contributed by atoms with E-state index in [9.17, 15) is 18.8 Å². The van der Waals surface area contributed by atoms with E-state index in [4.69, 9.17) is 5.11 Å². The molecule has 0 saturated heterocycles. The number of aliphatic carboxylic acids is 1. The van der Waals surface area contributed by atoms with Crippen LogP contribution in [0.25, 0.3) is 0 Å². The van der Waals surface area contributed by atoms with Gasteiger partial charge in [0.15, 0.2) is 0 Å². The summed E-state index contributed by atoms with van der Waals surface area (Å²) in [5, 5.41) is 13.3. The van der Waals surface area contributed by atoms with Gasteiger partial charge in [-0.25, -0.2) is 14.0 Å². The second kappa shape index (κ2) is 7.22. The van der Waals surface area contributed by atoms with Gasteiger partial charge in [-0.3, -0.25) is 4.79 Å². The molecule has 0 aliphatic carbocycles. The van der Waals surface area contributed by atoms with Crippen LogP contribution in [0.5, 0.6) is 0 Å². The number of carboxylic acid groups (broad SMARTS) is 1. The summed E-state index contributed by atoms with van der Waals surface area (Å²) in [6, 6.07) is 1.57. The first-order valence-electron chi connectivity index (χ1n) is 5.96. The quantitative estimate of drug-likeness (QED) is 0.710. The van der Waals surface area contributed by atoms with Gasteiger partial charge in [-0.15, -0.1) is 0 Å². The maximum Gasteiger partial charge on any atom is 0.326 e. The Balaban J connectivity index is 2.69. The number of carboxylic acids is 1. The third kappa shape index (κ3) is 5.47. The summed E-state index contributed by atoms with van der Waals surface area (Å²) in [6.45, 7) is 1.64. The van der Waals surface area contributed by atoms with Crippen molar-refractivity contribution < 1.29 is 28.6 Å². The summed E-state index contributed by atoms with van der Waals surface area (Å²) in [4.78, 5) is 33.6. The number of methoxy groups -OCH3 is 1. The molecule has 0 fully saturated rings. The monoisotopic (exact) mass is 298 g/mol. The molecular formula is C13H15FN2O5. The van der Waals surface area contributed by atoms with Crippen molar-refractivity contribution in [3.63, 3.8) is 0 Å². The second-order valence-electron chi connectivity index (χ2n) is 4.29. The van der Waals surface area contributed by atoms with Crippen LogP contribution < -0.4 is 10.6 Å².